The van der Waals surface area contributed by atoms with Gasteiger partial charge in [-0.25, -0.2) is 13.2 Å². The maximum absolute atomic E-state index is 13.1. The van der Waals surface area contributed by atoms with Gasteiger partial charge >= 0.3 is 6.03 Å². The number of anilines is 1. The van der Waals surface area contributed by atoms with E-state index in [1.165, 1.54) is 5.56 Å². The maximum atomic E-state index is 13.1. The molecule has 0 spiro atoms. The standard InChI is InChI=1S/C29H42N4O5S.ClH/c1-3-4-17-33(29(34)30-24-15-20-37-21-16-24)26-13-18-32(19-14-26)22-23-5-9-27(10-6-23)38-28-11-7-25(8-12-28)31-39(2,35)36;/h5-12,24,26,31H,3-4,13-22H2,1-2H3,(H,30,34);1H. The van der Waals surface area contributed by atoms with Gasteiger partial charge in [0.2, 0.25) is 10.0 Å². The smallest absolute Gasteiger partial charge is 0.317 e. The highest BCUT2D eigenvalue weighted by atomic mass is 35.5. The van der Waals surface area contributed by atoms with Gasteiger partial charge in [0.05, 0.1) is 6.26 Å². The Labute approximate surface area is 245 Å². The van der Waals surface area contributed by atoms with Gasteiger partial charge in [0.1, 0.15) is 11.5 Å². The van der Waals surface area contributed by atoms with Crippen LogP contribution in [0.15, 0.2) is 48.5 Å². The molecule has 2 amide bonds. The van der Waals surface area contributed by atoms with Crippen LogP contribution >= 0.6 is 12.4 Å². The second-order valence-electron chi connectivity index (χ2n) is 10.5. The number of amides is 2. The largest absolute Gasteiger partial charge is 0.457 e. The number of carbonyl (C=O) groups is 1. The van der Waals surface area contributed by atoms with Crippen molar-refractivity contribution in [2.24, 2.45) is 0 Å². The first-order chi connectivity index (χ1) is 18.8. The van der Waals surface area contributed by atoms with Crippen molar-refractivity contribution in [1.29, 1.82) is 0 Å². The highest BCUT2D eigenvalue weighted by Crippen LogP contribution is 2.25. The van der Waals surface area contributed by atoms with E-state index < -0.39 is 10.0 Å². The maximum Gasteiger partial charge on any atom is 0.317 e. The van der Waals surface area contributed by atoms with Gasteiger partial charge in [-0.2, -0.15) is 0 Å². The molecule has 2 saturated heterocycles. The molecule has 2 aromatic carbocycles. The second kappa shape index (κ2) is 15.5. The molecule has 2 fully saturated rings. The minimum Gasteiger partial charge on any atom is -0.457 e. The topological polar surface area (TPSA) is 100 Å². The van der Waals surface area contributed by atoms with Crippen molar-refractivity contribution in [3.8, 4) is 11.5 Å². The molecule has 222 valence electrons. The van der Waals surface area contributed by atoms with Crippen LogP contribution < -0.4 is 14.8 Å². The number of rotatable bonds is 11. The van der Waals surface area contributed by atoms with E-state index in [-0.39, 0.29) is 30.5 Å². The predicted octanol–water partition coefficient (Wildman–Crippen LogP) is 5.23. The number of benzene rings is 2. The van der Waals surface area contributed by atoms with Crippen molar-refractivity contribution in [2.75, 3.05) is 43.8 Å². The van der Waals surface area contributed by atoms with Crippen LogP contribution in [0.5, 0.6) is 11.5 Å². The van der Waals surface area contributed by atoms with E-state index in [1.807, 2.05) is 12.1 Å². The first kappa shape index (κ1) is 32.0. The van der Waals surface area contributed by atoms with Crippen LogP contribution in [0.2, 0.25) is 0 Å². The normalized spacial score (nSPS) is 17.1. The average Bonchev–Trinajstić information content (AvgIpc) is 2.92. The minimum atomic E-state index is -3.31. The predicted molar refractivity (Wildman–Crippen MR) is 161 cm³/mol. The number of nitrogens with one attached hydrogen (secondary N) is 2. The van der Waals surface area contributed by atoms with Gasteiger partial charge < -0.3 is 19.7 Å². The molecule has 2 N–H and O–H groups in total. The van der Waals surface area contributed by atoms with Crippen molar-refractivity contribution >= 4 is 34.1 Å². The van der Waals surface area contributed by atoms with E-state index in [0.717, 1.165) is 89.9 Å². The van der Waals surface area contributed by atoms with E-state index >= 15 is 0 Å². The summed E-state index contributed by atoms with van der Waals surface area (Å²) in [6.07, 6.45) is 6.97. The summed E-state index contributed by atoms with van der Waals surface area (Å²) in [5.74, 6) is 1.36. The Morgan fingerprint density at radius 1 is 1.00 bits per heavy atom. The van der Waals surface area contributed by atoms with E-state index in [4.69, 9.17) is 9.47 Å². The van der Waals surface area contributed by atoms with Crippen LogP contribution in [0.4, 0.5) is 10.5 Å². The van der Waals surface area contributed by atoms with Crippen LogP contribution in [0.1, 0.15) is 51.0 Å². The zero-order valence-corrected chi connectivity index (χ0v) is 25.1. The van der Waals surface area contributed by atoms with Gasteiger partial charge in [-0.1, -0.05) is 25.5 Å². The molecule has 11 heteroatoms. The molecule has 2 aliphatic heterocycles. The second-order valence-corrected chi connectivity index (χ2v) is 12.3. The first-order valence-corrected chi connectivity index (χ1v) is 15.9. The monoisotopic (exact) mass is 594 g/mol. The third-order valence-electron chi connectivity index (χ3n) is 7.28. The van der Waals surface area contributed by atoms with E-state index in [2.05, 4.69) is 38.9 Å². The number of carbonyl (C=O) groups excluding carboxylic acids is 1. The number of piperidine rings is 1. The molecule has 2 aromatic rings. The SMILES string of the molecule is CCCCN(C(=O)NC1CCOCC1)C1CCN(Cc2ccc(Oc3ccc(NS(C)(=O)=O)cc3)cc2)CC1.Cl. The minimum absolute atomic E-state index is 0. The number of unbranched alkanes of at least 4 members (excludes halogenated alkanes) is 1. The van der Waals surface area contributed by atoms with Gasteiger partial charge in [-0.05, 0) is 74.1 Å². The summed E-state index contributed by atoms with van der Waals surface area (Å²) < 4.78 is 36.5. The number of sulfonamides is 1. The van der Waals surface area contributed by atoms with E-state index in [0.29, 0.717) is 11.4 Å². The number of ether oxygens (including phenoxy) is 2. The molecule has 2 aliphatic rings. The molecule has 0 aliphatic carbocycles. The van der Waals surface area contributed by atoms with Crippen LogP contribution in [0, 0.1) is 0 Å². The quantitative estimate of drug-likeness (QED) is 0.370. The molecule has 40 heavy (non-hydrogen) atoms. The molecule has 0 saturated carbocycles. The Morgan fingerprint density at radius 3 is 2.17 bits per heavy atom. The highest BCUT2D eigenvalue weighted by Gasteiger charge is 2.29. The van der Waals surface area contributed by atoms with Crippen molar-refractivity contribution < 1.29 is 22.7 Å². The Balaban J connectivity index is 0.00000441. The zero-order valence-electron chi connectivity index (χ0n) is 23.5. The van der Waals surface area contributed by atoms with Crippen LogP contribution in [-0.4, -0.2) is 75.4 Å². The fourth-order valence-corrected chi connectivity index (χ4v) is 5.69. The highest BCUT2D eigenvalue weighted by molar-refractivity contribution is 7.92. The summed E-state index contributed by atoms with van der Waals surface area (Å²) in [6, 6.07) is 15.5. The van der Waals surface area contributed by atoms with Crippen molar-refractivity contribution in [1.82, 2.24) is 15.1 Å². The molecule has 4 rings (SSSR count). The Morgan fingerprint density at radius 2 is 1.60 bits per heavy atom. The first-order valence-electron chi connectivity index (χ1n) is 14.0. The molecular formula is C29H43ClN4O5S. The summed E-state index contributed by atoms with van der Waals surface area (Å²) in [6.45, 7) is 7.22. The number of urea groups is 1. The summed E-state index contributed by atoms with van der Waals surface area (Å²) in [4.78, 5) is 17.7. The van der Waals surface area contributed by atoms with Gasteiger partial charge in [0.15, 0.2) is 0 Å². The molecule has 0 bridgehead atoms. The number of nitrogens with zero attached hydrogens (tertiary/aromatic N) is 2. The fourth-order valence-electron chi connectivity index (χ4n) is 5.13. The van der Waals surface area contributed by atoms with Gasteiger partial charge in [-0.3, -0.25) is 9.62 Å². The summed E-state index contributed by atoms with van der Waals surface area (Å²) in [5, 5.41) is 3.26. The zero-order chi connectivity index (χ0) is 27.7. The van der Waals surface area contributed by atoms with Crippen molar-refractivity contribution in [2.45, 2.75) is 64.1 Å². The number of hydrogen-bond acceptors (Lipinski definition) is 6. The number of halogens is 1. The average molecular weight is 595 g/mol. The number of likely N-dealkylation sites (tertiary alicyclic amines) is 1. The Bertz CT molecular complexity index is 1150. The molecule has 9 nitrogen and oxygen atoms in total. The van der Waals surface area contributed by atoms with Gasteiger partial charge in [0, 0.05) is 57.2 Å². The fraction of sp³-hybridized carbons (Fsp3) is 0.552. The Hall–Kier alpha value is -2.53. The molecule has 2 heterocycles. The lowest BCUT2D eigenvalue weighted by Gasteiger charge is -2.39. The summed E-state index contributed by atoms with van der Waals surface area (Å²) in [7, 11) is -3.31. The Kier molecular flexibility index (Phi) is 12.4. The lowest BCUT2D eigenvalue weighted by molar-refractivity contribution is 0.0739. The summed E-state index contributed by atoms with van der Waals surface area (Å²) >= 11 is 0. The van der Waals surface area contributed by atoms with Crippen molar-refractivity contribution in [3.05, 3.63) is 54.1 Å². The molecular weight excluding hydrogens is 552 g/mol. The number of hydrogen-bond donors (Lipinski definition) is 2. The lowest BCUT2D eigenvalue weighted by Crippen LogP contribution is -2.53. The summed E-state index contributed by atoms with van der Waals surface area (Å²) in [5.41, 5.74) is 1.71. The van der Waals surface area contributed by atoms with Gasteiger partial charge in [-0.15, -0.1) is 12.4 Å². The van der Waals surface area contributed by atoms with E-state index in [1.54, 1.807) is 24.3 Å². The lowest BCUT2D eigenvalue weighted by atomic mass is 10.0. The van der Waals surface area contributed by atoms with Crippen LogP contribution in [0.3, 0.4) is 0 Å². The van der Waals surface area contributed by atoms with E-state index in [9.17, 15) is 13.2 Å². The third-order valence-corrected chi connectivity index (χ3v) is 7.89. The van der Waals surface area contributed by atoms with Gasteiger partial charge in [0.25, 0.3) is 0 Å². The molecule has 0 radical (unpaired) electrons. The molecule has 0 atom stereocenters. The molecule has 0 unspecified atom stereocenters. The van der Waals surface area contributed by atoms with Crippen LogP contribution in [-0.2, 0) is 21.3 Å². The molecule has 0 aromatic heterocycles. The van der Waals surface area contributed by atoms with Crippen LogP contribution in [0.25, 0.3) is 0 Å². The van der Waals surface area contributed by atoms with Crippen molar-refractivity contribution in [3.63, 3.8) is 0 Å². The third kappa shape index (κ3) is 10.1.